The van der Waals surface area contributed by atoms with E-state index in [1.54, 1.807) is 41.5 Å². The molecule has 0 aromatic heterocycles. The second-order valence-corrected chi connectivity index (χ2v) is 38.4. The van der Waals surface area contributed by atoms with Gasteiger partial charge in [-0.3, -0.25) is 28.8 Å². The van der Waals surface area contributed by atoms with Crippen LogP contribution in [0.3, 0.4) is 0 Å². The summed E-state index contributed by atoms with van der Waals surface area (Å²) >= 11 is 0. The van der Waals surface area contributed by atoms with Gasteiger partial charge in [0.2, 0.25) is 0 Å². The topological polar surface area (TPSA) is 353 Å². The molecule has 8 unspecified atom stereocenters. The number of nitriles is 6. The summed E-state index contributed by atoms with van der Waals surface area (Å²) in [5.41, 5.74) is 0.647. The monoisotopic (exact) mass is 2010 g/mol. The van der Waals surface area contributed by atoms with Gasteiger partial charge in [-0.1, -0.05) is 319 Å². The van der Waals surface area contributed by atoms with Gasteiger partial charge in [-0.25, -0.2) is 9.59 Å². The maximum atomic E-state index is 15.4. The van der Waals surface area contributed by atoms with E-state index in [2.05, 4.69) is 201 Å². The molecule has 7 aromatic rings. The first-order chi connectivity index (χ1) is 69.5. The zero-order valence-electron chi connectivity index (χ0n) is 92.7. The second-order valence-electron chi connectivity index (χ2n) is 38.4. The first-order valence-corrected chi connectivity index (χ1v) is 49.9. The number of rotatable bonds is 47. The number of ether oxygens (including phenoxy) is 8. The van der Waals surface area contributed by atoms with Gasteiger partial charge in [-0.2, -0.15) is 44.9 Å². The molecule has 22 nitrogen and oxygen atoms in total. The van der Waals surface area contributed by atoms with E-state index in [1.807, 2.05) is 184 Å². The minimum Gasteiger partial charge on any atom is -0.469 e. The quantitative estimate of drug-likeness (QED) is 0.00854. The van der Waals surface area contributed by atoms with Crippen LogP contribution >= 0.6 is 0 Å². The SMILES string of the molecule is C=C(C)C(=O)OC.C=C(C)C(=O)OCCC#N.C=C(c1ccccc1)c1ccccc1.CCC(C)CC(=C1C=CC=C[CH-]1)c1ccccc1.CCC(C)CC(c1ccccc1)(c1ccccc1)C(C)(CC(C)(CC(C)(CC(C)(CC(C)(C)C(=O)OC)C(=O)OCCC#N)C(=O)OCCC#N)C(=O)OCCC#N)C(=O)OCCC#N.C[CH-]CC.[CH2-]C(C)(C(=O)OCCC#N)C(CC(C)CC)(c1ccccc1)c1ccccc1.[Li+].[Li+].[Li+]. The minimum absolute atomic E-state index is 0. The first-order valence-electron chi connectivity index (χ1n) is 49.9. The molecular formula is C124H155Li3N6O16. The Labute approximate surface area is 926 Å². The van der Waals surface area contributed by atoms with Gasteiger partial charge < -0.3 is 51.2 Å². The van der Waals surface area contributed by atoms with Crippen LogP contribution in [-0.4, -0.2) is 102 Å². The van der Waals surface area contributed by atoms with E-state index in [0.717, 1.165) is 53.0 Å². The summed E-state index contributed by atoms with van der Waals surface area (Å²) in [7, 11) is 2.54. The molecule has 0 radical (unpaired) electrons. The van der Waals surface area contributed by atoms with Gasteiger partial charge in [-0.15, -0.1) is 41.9 Å². The predicted molar refractivity (Wildman–Crippen MR) is 576 cm³/mol. The van der Waals surface area contributed by atoms with Crippen LogP contribution in [0.2, 0.25) is 0 Å². The molecule has 0 saturated heterocycles. The Hall–Kier alpha value is -12.7. The molecule has 8 rings (SSSR count). The van der Waals surface area contributed by atoms with Gasteiger partial charge in [0.05, 0.1) is 116 Å². The molecular weight excluding hydrogens is 1850 g/mol. The Morgan fingerprint density at radius 2 is 0.678 bits per heavy atom. The fourth-order valence-corrected chi connectivity index (χ4v) is 17.7. The number of unbranched alkanes of at least 4 members (excludes halogenated alkanes) is 1. The molecule has 0 saturated carbocycles. The Morgan fingerprint density at radius 3 is 0.973 bits per heavy atom. The summed E-state index contributed by atoms with van der Waals surface area (Å²) in [5, 5.41) is 54.5. The molecule has 0 spiro atoms. The van der Waals surface area contributed by atoms with Crippen LogP contribution in [0.4, 0.5) is 0 Å². The summed E-state index contributed by atoms with van der Waals surface area (Å²) in [4.78, 5) is 107. The van der Waals surface area contributed by atoms with Crippen molar-refractivity contribution in [2.45, 2.75) is 238 Å². The summed E-state index contributed by atoms with van der Waals surface area (Å²) in [6, 6.07) is 82.0. The van der Waals surface area contributed by atoms with Crippen molar-refractivity contribution < 1.29 is 133 Å². The third kappa shape index (κ3) is 44.6. The van der Waals surface area contributed by atoms with Gasteiger partial charge in [0.1, 0.15) is 39.6 Å². The third-order valence-corrected chi connectivity index (χ3v) is 25.6. The number of methoxy groups -OCH3 is 2. The summed E-state index contributed by atoms with van der Waals surface area (Å²) in [6.07, 6.45) is 17.8. The van der Waals surface area contributed by atoms with E-state index >= 15 is 9.59 Å². The molecule has 8 atom stereocenters. The van der Waals surface area contributed by atoms with Crippen molar-refractivity contribution in [1.29, 1.82) is 31.6 Å². The fourth-order valence-electron chi connectivity index (χ4n) is 17.7. The van der Waals surface area contributed by atoms with E-state index in [-0.39, 0.29) is 165 Å². The van der Waals surface area contributed by atoms with Gasteiger partial charge in [-0.05, 0) is 156 Å². The van der Waals surface area contributed by atoms with Crippen LogP contribution in [0.5, 0.6) is 0 Å². The summed E-state index contributed by atoms with van der Waals surface area (Å²) in [5.74, 6) is -4.00. The zero-order chi connectivity index (χ0) is 109. The molecule has 1 aliphatic carbocycles. The summed E-state index contributed by atoms with van der Waals surface area (Å²) in [6.45, 7) is 46.1. The molecule has 0 heterocycles. The average Bonchev–Trinajstić information content (AvgIpc) is 0.716. The second kappa shape index (κ2) is 73.5. The van der Waals surface area contributed by atoms with Crippen LogP contribution in [0.25, 0.3) is 11.1 Å². The smallest absolute Gasteiger partial charge is 0.469 e. The summed E-state index contributed by atoms with van der Waals surface area (Å²) < 4.78 is 42.7. The Kier molecular flexibility index (Phi) is 68.2. The normalized spacial score (nSPS) is 13.7. The van der Waals surface area contributed by atoms with Gasteiger partial charge in [0.25, 0.3) is 5.97 Å². The molecule has 25 heteroatoms. The van der Waals surface area contributed by atoms with E-state index in [1.165, 1.54) is 68.7 Å². The molecule has 0 aliphatic heterocycles. The van der Waals surface area contributed by atoms with Crippen LogP contribution in [-0.2, 0) is 87.1 Å². The van der Waals surface area contributed by atoms with Crippen molar-refractivity contribution in [3.05, 3.63) is 332 Å². The third-order valence-electron chi connectivity index (χ3n) is 25.6. The van der Waals surface area contributed by atoms with Crippen molar-refractivity contribution in [3.8, 4) is 36.4 Å². The van der Waals surface area contributed by atoms with Crippen molar-refractivity contribution >= 4 is 58.9 Å². The molecule has 0 bridgehead atoms. The number of nitrogens with zero attached hydrogens (tertiary/aromatic N) is 6. The van der Waals surface area contributed by atoms with E-state index in [9.17, 15) is 49.8 Å². The standard InChI is InChI=1S/C51H66N4O10.C25H30NO2.C18H21.C14H12.C7H9NO2.C5H8O2.C4H9.3Li/c1-10-38(2)33-51(39-21-13-11-14-22-39,40-23-15-12-16-24-40)50(8,45(60)65-32-20-28-55)37-49(7,44(59)64-31-19-27-54)36-48(6,43(58)63-30-18-26-53)35-47(5,42(57)62-29-17-25-52)34-46(3,4)41(56)61-9;1-5-20(2)19-25(21-13-8-6-9-14-21,22-15-10-7-11-16-22)24(3,4)23(27)28-18-12-17-26;1-3-15(2)14-18(16-10-6-4-7-11-16)17-12-8-5-9-13-17;1-12(13-8-4-2-5-9-13)14-10-6-3-7-11-14;1-6(2)7(9)10-5-3-4-8;1-4(2)5(6)7-3;1-3-4-2;;;/h11-16,21-24,38H,10,17-20,29-37H2,1-9H3;6-11,13-16,20H,3,5,12,18-19H2,1-2,4H3;4-13,15H,3,14H2,1-2H3;2-11H,1H2;1,3,5H2,2H3;1H2,2-3H3;3H,4H2,1-2H3;;;/q;2*-1;;;;-1;3*+1. The molecule has 0 N–H and O–H groups in total. The number of hydrogen-bond donors (Lipinski definition) is 0. The van der Waals surface area contributed by atoms with E-state index < -0.39 is 92.0 Å². The van der Waals surface area contributed by atoms with E-state index in [0.29, 0.717) is 29.9 Å². The Bertz CT molecular complexity index is 5480. The van der Waals surface area contributed by atoms with E-state index in [4.69, 9.17) is 38.9 Å². The molecule has 1 aliphatic rings. The van der Waals surface area contributed by atoms with Crippen LogP contribution in [0, 0.1) is 138 Å². The van der Waals surface area contributed by atoms with Crippen molar-refractivity contribution in [2.75, 3.05) is 53.9 Å². The van der Waals surface area contributed by atoms with Gasteiger partial charge in [0, 0.05) is 22.0 Å². The number of esters is 8. The number of hydrogen-bond acceptors (Lipinski definition) is 22. The zero-order valence-corrected chi connectivity index (χ0v) is 92.7. The van der Waals surface area contributed by atoms with Crippen molar-refractivity contribution in [1.82, 2.24) is 0 Å². The molecule has 780 valence electrons. The minimum atomic E-state index is -1.84. The molecule has 149 heavy (non-hydrogen) atoms. The van der Waals surface area contributed by atoms with Crippen LogP contribution in [0.1, 0.15) is 266 Å². The predicted octanol–water partition coefficient (Wildman–Crippen LogP) is 18.1. The average molecular weight is 2010 g/mol. The maximum absolute atomic E-state index is 15.4. The number of carbonyl (C=O) groups excluding carboxylic acids is 8. The Morgan fingerprint density at radius 1 is 0.383 bits per heavy atom. The molecule has 7 aromatic carbocycles. The Balaban J connectivity index is 0. The molecule has 0 amide bonds. The maximum Gasteiger partial charge on any atom is 1.00 e. The largest absolute Gasteiger partial charge is 1.00 e. The number of carbonyl (C=O) groups is 8. The van der Waals surface area contributed by atoms with Gasteiger partial charge in [0.15, 0.2) is 0 Å². The molecule has 0 fully saturated rings. The first kappa shape index (κ1) is 138. The van der Waals surface area contributed by atoms with Crippen LogP contribution in [0.15, 0.2) is 273 Å². The van der Waals surface area contributed by atoms with Gasteiger partial charge >= 0.3 is 98.4 Å². The number of allylic oxidation sites excluding steroid dienone is 6. The van der Waals surface area contributed by atoms with Crippen LogP contribution < -0.4 is 56.6 Å². The fraction of sp³-hybridized carbons (Fsp3) is 0.427. The van der Waals surface area contributed by atoms with Crippen molar-refractivity contribution in [2.24, 2.45) is 50.2 Å². The number of benzene rings is 7. The van der Waals surface area contributed by atoms with Crippen molar-refractivity contribution in [3.63, 3.8) is 0 Å².